The molecule has 2 rings (SSSR count). The summed E-state index contributed by atoms with van der Waals surface area (Å²) in [5.74, 6) is 0.904. The predicted molar refractivity (Wildman–Crippen MR) is 90.1 cm³/mol. The summed E-state index contributed by atoms with van der Waals surface area (Å²) < 4.78 is 16.0. The second-order valence-corrected chi connectivity index (χ2v) is 6.46. The molecule has 0 atom stereocenters. The van der Waals surface area contributed by atoms with Crippen molar-refractivity contribution in [2.45, 2.75) is 27.7 Å². The first-order valence-corrected chi connectivity index (χ1v) is 7.67. The lowest BCUT2D eigenvalue weighted by atomic mass is 9.97. The van der Waals surface area contributed by atoms with E-state index in [1.807, 2.05) is 27.7 Å². The van der Waals surface area contributed by atoms with E-state index in [0.29, 0.717) is 34.6 Å². The molecular weight excluding hydrogens is 318 g/mol. The van der Waals surface area contributed by atoms with Gasteiger partial charge in [-0.05, 0) is 30.7 Å². The minimum absolute atomic E-state index is 0.234. The second kappa shape index (κ2) is 6.62. The van der Waals surface area contributed by atoms with Crippen LogP contribution in [0.25, 0.3) is 6.08 Å². The number of hydrogen-bond donors (Lipinski definition) is 0. The van der Waals surface area contributed by atoms with Crippen molar-refractivity contribution in [2.24, 2.45) is 10.4 Å². The van der Waals surface area contributed by atoms with Crippen LogP contribution < -0.4 is 9.47 Å². The Bertz CT molecular complexity index is 687. The van der Waals surface area contributed by atoms with E-state index < -0.39 is 5.97 Å². The van der Waals surface area contributed by atoms with E-state index in [1.165, 1.54) is 7.11 Å². The van der Waals surface area contributed by atoms with Gasteiger partial charge in [-0.25, -0.2) is 9.79 Å². The van der Waals surface area contributed by atoms with Gasteiger partial charge in [-0.15, -0.1) is 0 Å². The Morgan fingerprint density at radius 1 is 1.35 bits per heavy atom. The van der Waals surface area contributed by atoms with Crippen LogP contribution in [-0.4, -0.2) is 25.6 Å². The zero-order chi connectivity index (χ0) is 17.2. The number of carbonyl (C=O) groups is 1. The van der Waals surface area contributed by atoms with Crippen molar-refractivity contribution in [1.29, 1.82) is 0 Å². The average molecular weight is 338 g/mol. The highest BCUT2D eigenvalue weighted by molar-refractivity contribution is 6.32. The van der Waals surface area contributed by atoms with Crippen LogP contribution in [0.5, 0.6) is 11.5 Å². The normalized spacial score (nSPS) is 16.3. The number of rotatable bonds is 4. The molecule has 0 bridgehead atoms. The fourth-order valence-electron chi connectivity index (χ4n) is 2.00. The third-order valence-corrected chi connectivity index (χ3v) is 3.39. The number of carbonyl (C=O) groups excluding carboxylic acids is 1. The van der Waals surface area contributed by atoms with E-state index in [4.69, 9.17) is 25.8 Å². The Labute approximate surface area is 140 Å². The van der Waals surface area contributed by atoms with Crippen molar-refractivity contribution in [3.63, 3.8) is 0 Å². The molecule has 5 nitrogen and oxygen atoms in total. The average Bonchev–Trinajstić information content (AvgIpc) is 2.83. The lowest BCUT2D eigenvalue weighted by Gasteiger charge is -2.15. The zero-order valence-electron chi connectivity index (χ0n) is 13.9. The van der Waals surface area contributed by atoms with Crippen LogP contribution in [0, 0.1) is 5.41 Å². The summed E-state index contributed by atoms with van der Waals surface area (Å²) in [7, 11) is 1.53. The first kappa shape index (κ1) is 17.3. The molecule has 0 unspecified atom stereocenters. The van der Waals surface area contributed by atoms with Gasteiger partial charge >= 0.3 is 5.97 Å². The molecule has 1 aromatic rings. The highest BCUT2D eigenvalue weighted by atomic mass is 35.5. The van der Waals surface area contributed by atoms with E-state index in [9.17, 15) is 4.79 Å². The van der Waals surface area contributed by atoms with E-state index in [2.05, 4.69) is 4.99 Å². The van der Waals surface area contributed by atoms with Gasteiger partial charge in [0.2, 0.25) is 5.90 Å². The van der Waals surface area contributed by atoms with Crippen molar-refractivity contribution in [3.8, 4) is 11.5 Å². The number of aliphatic imine (C=N–C) groups is 1. The Morgan fingerprint density at radius 3 is 2.57 bits per heavy atom. The Hall–Kier alpha value is -2.01. The minimum Gasteiger partial charge on any atom is -0.493 e. The zero-order valence-corrected chi connectivity index (χ0v) is 14.7. The lowest BCUT2D eigenvalue weighted by molar-refractivity contribution is -0.130. The number of benzene rings is 1. The SMILES string of the molecule is CCOc1c(Cl)cc(C=C2N=C(C(C)(C)C)OC2=O)cc1OC. The van der Waals surface area contributed by atoms with Crippen LogP contribution in [0.15, 0.2) is 22.8 Å². The maximum Gasteiger partial charge on any atom is 0.363 e. The van der Waals surface area contributed by atoms with Gasteiger partial charge < -0.3 is 14.2 Å². The van der Waals surface area contributed by atoms with Crippen LogP contribution in [-0.2, 0) is 9.53 Å². The quantitative estimate of drug-likeness (QED) is 0.613. The van der Waals surface area contributed by atoms with Crippen molar-refractivity contribution in [1.82, 2.24) is 0 Å². The molecular formula is C17H20ClNO4. The molecule has 1 aliphatic rings. The summed E-state index contributed by atoms with van der Waals surface area (Å²) in [6.07, 6.45) is 1.62. The standard InChI is InChI=1S/C17H20ClNO4/c1-6-22-14-11(18)7-10(9-13(14)21-5)8-12-15(20)23-16(19-12)17(2,3)4/h7-9H,6H2,1-5H3. The van der Waals surface area contributed by atoms with Gasteiger partial charge in [0.25, 0.3) is 0 Å². The minimum atomic E-state index is -0.473. The lowest BCUT2D eigenvalue weighted by Crippen LogP contribution is -2.21. The predicted octanol–water partition coefficient (Wildman–Crippen LogP) is 4.09. The topological polar surface area (TPSA) is 57.1 Å². The molecule has 1 aromatic carbocycles. The maximum atomic E-state index is 12.0. The van der Waals surface area contributed by atoms with Crippen LogP contribution >= 0.6 is 11.6 Å². The smallest absolute Gasteiger partial charge is 0.363 e. The highest BCUT2D eigenvalue weighted by Crippen LogP contribution is 2.37. The number of halogens is 1. The molecule has 0 aliphatic carbocycles. The largest absolute Gasteiger partial charge is 0.493 e. The second-order valence-electron chi connectivity index (χ2n) is 6.05. The van der Waals surface area contributed by atoms with Crippen LogP contribution in [0.4, 0.5) is 0 Å². The molecule has 1 aliphatic heterocycles. The van der Waals surface area contributed by atoms with Crippen molar-refractivity contribution in [2.75, 3.05) is 13.7 Å². The van der Waals surface area contributed by atoms with Gasteiger partial charge in [0.05, 0.1) is 18.7 Å². The van der Waals surface area contributed by atoms with E-state index in [-0.39, 0.29) is 11.1 Å². The van der Waals surface area contributed by atoms with Crippen molar-refractivity contribution < 1.29 is 19.0 Å². The maximum absolute atomic E-state index is 12.0. The van der Waals surface area contributed by atoms with Gasteiger partial charge in [-0.3, -0.25) is 0 Å². The fourth-order valence-corrected chi connectivity index (χ4v) is 2.27. The molecule has 0 amide bonds. The summed E-state index contributed by atoms with van der Waals surface area (Å²) in [5, 5.41) is 0.407. The van der Waals surface area contributed by atoms with E-state index in [1.54, 1.807) is 18.2 Å². The molecule has 0 saturated carbocycles. The van der Waals surface area contributed by atoms with Crippen molar-refractivity contribution in [3.05, 3.63) is 28.4 Å². The number of nitrogens with zero attached hydrogens (tertiary/aromatic N) is 1. The fraction of sp³-hybridized carbons (Fsp3) is 0.412. The van der Waals surface area contributed by atoms with E-state index in [0.717, 1.165) is 0 Å². The summed E-state index contributed by atoms with van der Waals surface area (Å²) in [5.41, 5.74) is 0.581. The van der Waals surface area contributed by atoms with Crippen LogP contribution in [0.2, 0.25) is 5.02 Å². The number of hydrogen-bond acceptors (Lipinski definition) is 5. The number of esters is 1. The molecule has 0 fully saturated rings. The Kier molecular flexibility index (Phi) is 5.00. The van der Waals surface area contributed by atoms with Gasteiger partial charge in [-0.1, -0.05) is 32.4 Å². The van der Waals surface area contributed by atoms with Gasteiger partial charge in [0.1, 0.15) is 0 Å². The van der Waals surface area contributed by atoms with Crippen LogP contribution in [0.3, 0.4) is 0 Å². The molecule has 23 heavy (non-hydrogen) atoms. The molecule has 1 heterocycles. The molecule has 0 radical (unpaired) electrons. The summed E-state index contributed by atoms with van der Waals surface area (Å²) in [6.45, 7) is 8.13. The number of ether oxygens (including phenoxy) is 3. The molecule has 0 saturated heterocycles. The third kappa shape index (κ3) is 3.85. The van der Waals surface area contributed by atoms with Gasteiger partial charge in [0.15, 0.2) is 17.2 Å². The monoisotopic (exact) mass is 337 g/mol. The molecule has 6 heteroatoms. The molecule has 0 N–H and O–H groups in total. The first-order valence-electron chi connectivity index (χ1n) is 7.29. The van der Waals surface area contributed by atoms with Crippen molar-refractivity contribution >= 4 is 29.5 Å². The van der Waals surface area contributed by atoms with Gasteiger partial charge in [-0.2, -0.15) is 0 Å². The summed E-state index contributed by atoms with van der Waals surface area (Å²) >= 11 is 6.23. The Morgan fingerprint density at radius 2 is 2.04 bits per heavy atom. The highest BCUT2D eigenvalue weighted by Gasteiger charge is 2.31. The van der Waals surface area contributed by atoms with Crippen LogP contribution in [0.1, 0.15) is 33.3 Å². The molecule has 124 valence electrons. The Balaban J connectivity index is 2.42. The molecule has 0 spiro atoms. The van der Waals surface area contributed by atoms with E-state index >= 15 is 0 Å². The number of cyclic esters (lactones) is 1. The van der Waals surface area contributed by atoms with Gasteiger partial charge in [0, 0.05) is 5.41 Å². The number of methoxy groups -OCH3 is 1. The third-order valence-electron chi connectivity index (χ3n) is 3.11. The summed E-state index contributed by atoms with van der Waals surface area (Å²) in [4.78, 5) is 16.2. The molecule has 0 aromatic heterocycles. The summed E-state index contributed by atoms with van der Waals surface area (Å²) in [6, 6.07) is 3.43. The first-order chi connectivity index (χ1) is 10.8.